The van der Waals surface area contributed by atoms with Gasteiger partial charge in [-0.3, -0.25) is 14.4 Å². The number of carbonyl (C=O) groups excluding carboxylic acids is 3. The second-order valence-electron chi connectivity index (χ2n) is 10.2. The molecule has 2 fully saturated rings. The lowest BCUT2D eigenvalue weighted by atomic mass is 9.88. The van der Waals surface area contributed by atoms with Crippen LogP contribution in [0, 0.1) is 5.92 Å². The van der Waals surface area contributed by atoms with E-state index in [0.717, 1.165) is 57.1 Å². The zero-order valence-corrected chi connectivity index (χ0v) is 21.8. The molecule has 37 heavy (non-hydrogen) atoms. The van der Waals surface area contributed by atoms with Crippen LogP contribution in [-0.4, -0.2) is 54.4 Å². The second kappa shape index (κ2) is 13.3. The molecule has 1 saturated carbocycles. The number of unbranched alkanes of at least 4 members (excludes halogenated alkanes) is 1. The summed E-state index contributed by atoms with van der Waals surface area (Å²) in [6.45, 7) is 3.85. The maximum absolute atomic E-state index is 13.3. The lowest BCUT2D eigenvalue weighted by Crippen LogP contribution is -2.55. The third-order valence-corrected chi connectivity index (χ3v) is 7.39. The van der Waals surface area contributed by atoms with Crippen molar-refractivity contribution in [1.29, 1.82) is 0 Å². The Morgan fingerprint density at radius 2 is 1.57 bits per heavy atom. The van der Waals surface area contributed by atoms with E-state index in [0.29, 0.717) is 30.8 Å². The number of nitrogens with zero attached hydrogens (tertiary/aromatic N) is 1. The highest BCUT2D eigenvalue weighted by molar-refractivity contribution is 5.95. The van der Waals surface area contributed by atoms with E-state index < -0.39 is 0 Å². The number of likely N-dealkylation sites (tertiary alicyclic amines) is 1. The molecule has 0 spiro atoms. The van der Waals surface area contributed by atoms with Gasteiger partial charge in [-0.05, 0) is 68.5 Å². The maximum Gasteiger partial charge on any atom is 0.253 e. The summed E-state index contributed by atoms with van der Waals surface area (Å²) < 4.78 is 5.70. The third kappa shape index (κ3) is 7.34. The molecule has 1 aliphatic heterocycles. The fourth-order valence-corrected chi connectivity index (χ4v) is 5.20. The van der Waals surface area contributed by atoms with E-state index in [9.17, 15) is 14.4 Å². The van der Waals surface area contributed by atoms with Crippen LogP contribution in [0.15, 0.2) is 54.6 Å². The van der Waals surface area contributed by atoms with E-state index in [1.807, 2.05) is 30.3 Å². The van der Waals surface area contributed by atoms with Crippen molar-refractivity contribution in [2.75, 3.05) is 19.7 Å². The number of ether oxygens (including phenoxy) is 1. The number of benzene rings is 2. The molecule has 0 radical (unpaired) electrons. The molecule has 4 rings (SSSR count). The molecular weight excluding hydrogens is 466 g/mol. The number of hydrogen-bond acceptors (Lipinski definition) is 4. The fourth-order valence-electron chi connectivity index (χ4n) is 5.20. The summed E-state index contributed by atoms with van der Waals surface area (Å²) in [6.07, 6.45) is 7.36. The van der Waals surface area contributed by atoms with Gasteiger partial charge in [-0.25, -0.2) is 0 Å². The van der Waals surface area contributed by atoms with E-state index in [4.69, 9.17) is 4.74 Å². The van der Waals surface area contributed by atoms with Gasteiger partial charge in [0.25, 0.3) is 11.8 Å². The predicted octanol–water partition coefficient (Wildman–Crippen LogP) is 4.58. The summed E-state index contributed by atoms with van der Waals surface area (Å²) in [5.74, 6) is 0.332. The highest BCUT2D eigenvalue weighted by Crippen LogP contribution is 2.23. The highest BCUT2D eigenvalue weighted by Gasteiger charge is 2.33. The summed E-state index contributed by atoms with van der Waals surface area (Å²) in [5.41, 5.74) is 1.24. The standard InChI is InChI=1S/C30H39N3O4/c1-2-3-20-37-25-17-15-23(16-18-25)30(36)33-19-9-12-24(21-33)29(35)32-27-14-8-7-13-26(27)31-28(34)22-10-5-4-6-11-22/h4-6,10-11,15-18,24,26-27H,2-3,7-9,12-14,19-21H2,1H3,(H,31,34)(H,32,35)/t24-,26+,27+/m0/s1. The summed E-state index contributed by atoms with van der Waals surface area (Å²) in [7, 11) is 0. The van der Waals surface area contributed by atoms with Crippen molar-refractivity contribution in [3.8, 4) is 5.75 Å². The van der Waals surface area contributed by atoms with Crippen molar-refractivity contribution in [2.24, 2.45) is 5.92 Å². The zero-order valence-electron chi connectivity index (χ0n) is 21.8. The molecule has 0 bridgehead atoms. The number of piperidine rings is 1. The van der Waals surface area contributed by atoms with Crippen LogP contribution in [0.4, 0.5) is 0 Å². The van der Waals surface area contributed by atoms with Crippen molar-refractivity contribution < 1.29 is 19.1 Å². The van der Waals surface area contributed by atoms with Crippen LogP contribution in [0.1, 0.15) is 79.0 Å². The van der Waals surface area contributed by atoms with Gasteiger partial charge in [-0.15, -0.1) is 0 Å². The number of amides is 3. The van der Waals surface area contributed by atoms with Crippen molar-refractivity contribution in [2.45, 2.75) is 70.4 Å². The van der Waals surface area contributed by atoms with Gasteiger partial charge < -0.3 is 20.3 Å². The Kier molecular flexibility index (Phi) is 9.58. The Labute approximate surface area is 220 Å². The van der Waals surface area contributed by atoms with Crippen molar-refractivity contribution in [3.05, 3.63) is 65.7 Å². The van der Waals surface area contributed by atoms with Crippen LogP contribution in [0.5, 0.6) is 5.75 Å². The van der Waals surface area contributed by atoms with Crippen LogP contribution < -0.4 is 15.4 Å². The number of carbonyl (C=O) groups is 3. The summed E-state index contributed by atoms with van der Waals surface area (Å²) in [4.78, 5) is 40.9. The van der Waals surface area contributed by atoms with E-state index in [2.05, 4.69) is 17.6 Å². The molecule has 1 heterocycles. The predicted molar refractivity (Wildman–Crippen MR) is 144 cm³/mol. The van der Waals surface area contributed by atoms with Crippen LogP contribution in [0.2, 0.25) is 0 Å². The molecule has 2 aromatic rings. The first-order valence-corrected chi connectivity index (χ1v) is 13.7. The topological polar surface area (TPSA) is 87.7 Å². The van der Waals surface area contributed by atoms with Gasteiger partial charge in [0, 0.05) is 36.3 Å². The first-order valence-electron chi connectivity index (χ1n) is 13.7. The molecule has 1 saturated heterocycles. The van der Waals surface area contributed by atoms with Crippen LogP contribution in [-0.2, 0) is 4.79 Å². The molecule has 7 nitrogen and oxygen atoms in total. The fraction of sp³-hybridized carbons (Fsp3) is 0.500. The molecule has 3 amide bonds. The molecule has 7 heteroatoms. The third-order valence-electron chi connectivity index (χ3n) is 7.39. The van der Waals surface area contributed by atoms with E-state index >= 15 is 0 Å². The van der Waals surface area contributed by atoms with Gasteiger partial charge in [0.15, 0.2) is 0 Å². The SMILES string of the molecule is CCCCOc1ccc(C(=O)N2CCC[C@H](C(=O)N[C@@H]3CCCC[C@H]3NC(=O)c3ccccc3)C2)cc1. The van der Waals surface area contributed by atoms with Gasteiger partial charge in [-0.1, -0.05) is 44.4 Å². The molecule has 3 atom stereocenters. The van der Waals surface area contributed by atoms with Crippen LogP contribution in [0.25, 0.3) is 0 Å². The monoisotopic (exact) mass is 505 g/mol. The Hall–Kier alpha value is -3.35. The molecule has 2 aliphatic rings. The first-order chi connectivity index (χ1) is 18.0. The van der Waals surface area contributed by atoms with E-state index in [1.165, 1.54) is 0 Å². The number of nitrogens with one attached hydrogen (secondary N) is 2. The first kappa shape index (κ1) is 26.7. The highest BCUT2D eigenvalue weighted by atomic mass is 16.5. The lowest BCUT2D eigenvalue weighted by molar-refractivity contribution is -0.127. The number of hydrogen-bond donors (Lipinski definition) is 2. The molecule has 2 N–H and O–H groups in total. The molecule has 2 aromatic carbocycles. The van der Waals surface area contributed by atoms with Gasteiger partial charge in [-0.2, -0.15) is 0 Å². The van der Waals surface area contributed by atoms with E-state index in [-0.39, 0.29) is 35.7 Å². The minimum Gasteiger partial charge on any atom is -0.494 e. The van der Waals surface area contributed by atoms with Crippen molar-refractivity contribution in [3.63, 3.8) is 0 Å². The largest absolute Gasteiger partial charge is 0.494 e. The van der Waals surface area contributed by atoms with Crippen molar-refractivity contribution >= 4 is 17.7 Å². The summed E-state index contributed by atoms with van der Waals surface area (Å²) in [5, 5.41) is 6.35. The molecule has 0 aromatic heterocycles. The molecular formula is C30H39N3O4. The average molecular weight is 506 g/mol. The average Bonchev–Trinajstić information content (AvgIpc) is 2.94. The molecule has 198 valence electrons. The van der Waals surface area contributed by atoms with E-state index in [1.54, 1.807) is 29.2 Å². The Morgan fingerprint density at radius 1 is 0.865 bits per heavy atom. The van der Waals surface area contributed by atoms with Crippen LogP contribution >= 0.6 is 0 Å². The molecule has 0 unspecified atom stereocenters. The lowest BCUT2D eigenvalue weighted by Gasteiger charge is -2.36. The summed E-state index contributed by atoms with van der Waals surface area (Å²) in [6, 6.07) is 16.3. The Bertz CT molecular complexity index is 1040. The smallest absolute Gasteiger partial charge is 0.253 e. The van der Waals surface area contributed by atoms with Gasteiger partial charge in [0.05, 0.1) is 12.5 Å². The normalized spacial score (nSPS) is 21.6. The van der Waals surface area contributed by atoms with Gasteiger partial charge in [0.2, 0.25) is 5.91 Å². The number of rotatable bonds is 9. The quantitative estimate of drug-likeness (QED) is 0.489. The zero-order chi connectivity index (χ0) is 26.0. The second-order valence-corrected chi connectivity index (χ2v) is 10.2. The van der Waals surface area contributed by atoms with Crippen molar-refractivity contribution in [1.82, 2.24) is 15.5 Å². The molecule has 1 aliphatic carbocycles. The van der Waals surface area contributed by atoms with Gasteiger partial charge >= 0.3 is 0 Å². The Balaban J connectivity index is 1.32. The summed E-state index contributed by atoms with van der Waals surface area (Å²) >= 11 is 0. The van der Waals surface area contributed by atoms with Crippen LogP contribution in [0.3, 0.4) is 0 Å². The minimum atomic E-state index is -0.248. The maximum atomic E-state index is 13.3. The Morgan fingerprint density at radius 3 is 2.27 bits per heavy atom. The minimum absolute atomic E-state index is 0.0250. The van der Waals surface area contributed by atoms with Gasteiger partial charge in [0.1, 0.15) is 5.75 Å².